The fraction of sp³-hybridized carbons (Fsp3) is 0.909. The van der Waals surface area contributed by atoms with Crippen LogP contribution in [0.5, 0.6) is 0 Å². The SMILES string of the molecule is O=C1CCCC1C1CCCN1CCO. The molecule has 2 rings (SSSR count). The predicted molar refractivity (Wildman–Crippen MR) is 54.0 cm³/mol. The number of hydrogen-bond acceptors (Lipinski definition) is 3. The van der Waals surface area contributed by atoms with Gasteiger partial charge in [-0.25, -0.2) is 0 Å². The second-order valence-corrected chi connectivity index (χ2v) is 4.43. The van der Waals surface area contributed by atoms with Crippen molar-refractivity contribution < 1.29 is 9.90 Å². The summed E-state index contributed by atoms with van der Waals surface area (Å²) in [6.07, 6.45) is 5.28. The molecule has 0 radical (unpaired) electrons. The number of hydrogen-bond donors (Lipinski definition) is 1. The Hall–Kier alpha value is -0.410. The van der Waals surface area contributed by atoms with Crippen LogP contribution >= 0.6 is 0 Å². The molecule has 14 heavy (non-hydrogen) atoms. The number of aliphatic hydroxyl groups excluding tert-OH is 1. The summed E-state index contributed by atoms with van der Waals surface area (Å²) in [7, 11) is 0. The van der Waals surface area contributed by atoms with E-state index in [1.54, 1.807) is 0 Å². The molecule has 0 bridgehead atoms. The number of nitrogens with zero attached hydrogens (tertiary/aromatic N) is 1. The van der Waals surface area contributed by atoms with Gasteiger partial charge in [0.25, 0.3) is 0 Å². The molecule has 1 N–H and O–H groups in total. The van der Waals surface area contributed by atoms with E-state index in [0.29, 0.717) is 11.8 Å². The summed E-state index contributed by atoms with van der Waals surface area (Å²) in [4.78, 5) is 13.9. The molecule has 2 atom stereocenters. The molecular formula is C11H19NO2. The van der Waals surface area contributed by atoms with Crippen molar-refractivity contribution in [2.45, 2.75) is 38.1 Å². The van der Waals surface area contributed by atoms with Crippen LogP contribution in [0.25, 0.3) is 0 Å². The minimum absolute atomic E-state index is 0.220. The van der Waals surface area contributed by atoms with E-state index in [0.717, 1.165) is 38.8 Å². The molecule has 1 saturated heterocycles. The molecule has 80 valence electrons. The zero-order valence-corrected chi connectivity index (χ0v) is 8.61. The second-order valence-electron chi connectivity index (χ2n) is 4.43. The zero-order chi connectivity index (χ0) is 9.97. The van der Waals surface area contributed by atoms with Gasteiger partial charge in [0.05, 0.1) is 6.61 Å². The molecule has 2 fully saturated rings. The Morgan fingerprint density at radius 1 is 1.36 bits per heavy atom. The van der Waals surface area contributed by atoms with Crippen LogP contribution < -0.4 is 0 Å². The molecule has 0 aromatic carbocycles. The standard InChI is InChI=1S/C11H19NO2/c13-8-7-12-6-2-4-10(12)9-3-1-5-11(9)14/h9-10,13H,1-8H2. The number of ketones is 1. The number of carbonyl (C=O) groups excluding carboxylic acids is 1. The predicted octanol–water partition coefficient (Wildman–Crippen LogP) is 0.812. The number of rotatable bonds is 3. The Balaban J connectivity index is 1.98. The van der Waals surface area contributed by atoms with E-state index in [4.69, 9.17) is 5.11 Å². The number of carbonyl (C=O) groups is 1. The van der Waals surface area contributed by atoms with Crippen molar-refractivity contribution in [2.75, 3.05) is 19.7 Å². The summed E-state index contributed by atoms with van der Waals surface area (Å²) in [6, 6.07) is 0.442. The van der Waals surface area contributed by atoms with Gasteiger partial charge in [-0.15, -0.1) is 0 Å². The van der Waals surface area contributed by atoms with Crippen molar-refractivity contribution in [1.29, 1.82) is 0 Å². The lowest BCUT2D eigenvalue weighted by Crippen LogP contribution is -2.38. The minimum Gasteiger partial charge on any atom is -0.395 e. The summed E-state index contributed by atoms with van der Waals surface area (Å²) >= 11 is 0. The molecule has 1 aliphatic carbocycles. The Kier molecular flexibility index (Phi) is 3.19. The lowest BCUT2D eigenvalue weighted by atomic mass is 9.95. The van der Waals surface area contributed by atoms with E-state index in [9.17, 15) is 4.79 Å². The summed E-state index contributed by atoms with van der Waals surface area (Å²) in [5, 5.41) is 8.93. The van der Waals surface area contributed by atoms with Crippen LogP contribution in [0.15, 0.2) is 0 Å². The molecule has 1 heterocycles. The number of aliphatic hydroxyl groups is 1. The molecule has 0 aromatic heterocycles. The highest BCUT2D eigenvalue weighted by molar-refractivity contribution is 5.83. The minimum atomic E-state index is 0.220. The average molecular weight is 197 g/mol. The fourth-order valence-electron chi connectivity index (χ4n) is 2.96. The van der Waals surface area contributed by atoms with Gasteiger partial charge in [-0.3, -0.25) is 9.69 Å². The molecular weight excluding hydrogens is 178 g/mol. The maximum atomic E-state index is 11.6. The zero-order valence-electron chi connectivity index (χ0n) is 8.61. The maximum absolute atomic E-state index is 11.6. The van der Waals surface area contributed by atoms with E-state index >= 15 is 0 Å². The highest BCUT2D eigenvalue weighted by Crippen LogP contribution is 2.32. The Labute approximate surface area is 85.1 Å². The average Bonchev–Trinajstić information content (AvgIpc) is 2.74. The van der Waals surface area contributed by atoms with E-state index < -0.39 is 0 Å². The van der Waals surface area contributed by atoms with Gasteiger partial charge in [0.2, 0.25) is 0 Å². The monoisotopic (exact) mass is 197 g/mol. The molecule has 1 aliphatic heterocycles. The lowest BCUT2D eigenvalue weighted by molar-refractivity contribution is -0.122. The molecule has 0 amide bonds. The molecule has 2 aliphatic rings. The van der Waals surface area contributed by atoms with E-state index in [1.807, 2.05) is 0 Å². The normalized spacial score (nSPS) is 34.2. The first kappa shape index (κ1) is 10.1. The van der Waals surface area contributed by atoms with Gasteiger partial charge in [0, 0.05) is 24.9 Å². The molecule has 3 nitrogen and oxygen atoms in total. The number of Topliss-reactive ketones (excluding diaryl/α,β-unsaturated/α-hetero) is 1. The maximum Gasteiger partial charge on any atom is 0.137 e. The Morgan fingerprint density at radius 3 is 2.86 bits per heavy atom. The van der Waals surface area contributed by atoms with Crippen molar-refractivity contribution in [1.82, 2.24) is 4.90 Å². The molecule has 0 aromatic rings. The Morgan fingerprint density at radius 2 is 2.21 bits per heavy atom. The summed E-state index contributed by atoms with van der Waals surface area (Å²) in [5.41, 5.74) is 0. The van der Waals surface area contributed by atoms with Gasteiger partial charge < -0.3 is 5.11 Å². The van der Waals surface area contributed by atoms with Crippen LogP contribution in [0, 0.1) is 5.92 Å². The van der Waals surface area contributed by atoms with Gasteiger partial charge in [-0.1, -0.05) is 0 Å². The quantitative estimate of drug-likeness (QED) is 0.728. The highest BCUT2D eigenvalue weighted by atomic mass is 16.3. The topological polar surface area (TPSA) is 40.5 Å². The van der Waals surface area contributed by atoms with Gasteiger partial charge in [0.1, 0.15) is 5.78 Å². The first-order chi connectivity index (χ1) is 6.83. The largest absolute Gasteiger partial charge is 0.395 e. The molecule has 0 spiro atoms. The fourth-order valence-corrected chi connectivity index (χ4v) is 2.96. The summed E-state index contributed by atoms with van der Waals surface area (Å²) < 4.78 is 0. The van der Waals surface area contributed by atoms with Crippen molar-refractivity contribution in [3.8, 4) is 0 Å². The van der Waals surface area contributed by atoms with Crippen molar-refractivity contribution in [2.24, 2.45) is 5.92 Å². The lowest BCUT2D eigenvalue weighted by Gasteiger charge is -2.27. The van der Waals surface area contributed by atoms with E-state index in [1.165, 1.54) is 6.42 Å². The van der Waals surface area contributed by atoms with E-state index in [2.05, 4.69) is 4.90 Å². The van der Waals surface area contributed by atoms with Crippen molar-refractivity contribution in [3.05, 3.63) is 0 Å². The number of β-amino-alcohol motifs (C(OH)–C–C–N with tert-alkyl or cyclic N) is 1. The second kappa shape index (κ2) is 4.41. The highest BCUT2D eigenvalue weighted by Gasteiger charge is 2.37. The first-order valence-corrected chi connectivity index (χ1v) is 5.70. The van der Waals surface area contributed by atoms with E-state index in [-0.39, 0.29) is 12.5 Å². The summed E-state index contributed by atoms with van der Waals surface area (Å²) in [6.45, 7) is 2.03. The van der Waals surface area contributed by atoms with Crippen molar-refractivity contribution >= 4 is 5.78 Å². The third-order valence-electron chi connectivity index (χ3n) is 3.62. The third kappa shape index (κ3) is 1.84. The third-order valence-corrected chi connectivity index (χ3v) is 3.62. The number of likely N-dealkylation sites (tertiary alicyclic amines) is 1. The van der Waals surface area contributed by atoms with Crippen LogP contribution in [0.4, 0.5) is 0 Å². The van der Waals surface area contributed by atoms with Crippen molar-refractivity contribution in [3.63, 3.8) is 0 Å². The Bertz CT molecular complexity index is 217. The van der Waals surface area contributed by atoms with Crippen LogP contribution in [0.2, 0.25) is 0 Å². The van der Waals surface area contributed by atoms with Crippen LogP contribution in [-0.4, -0.2) is 41.5 Å². The molecule has 1 saturated carbocycles. The van der Waals surface area contributed by atoms with Gasteiger partial charge >= 0.3 is 0 Å². The van der Waals surface area contributed by atoms with Gasteiger partial charge in [-0.05, 0) is 32.2 Å². The van der Waals surface area contributed by atoms with Gasteiger partial charge in [0.15, 0.2) is 0 Å². The summed E-state index contributed by atoms with van der Waals surface area (Å²) in [5.74, 6) is 0.740. The van der Waals surface area contributed by atoms with Crippen LogP contribution in [0.1, 0.15) is 32.1 Å². The first-order valence-electron chi connectivity index (χ1n) is 5.70. The van der Waals surface area contributed by atoms with Crippen LogP contribution in [-0.2, 0) is 4.79 Å². The molecule has 3 heteroatoms. The molecule has 2 unspecified atom stereocenters. The van der Waals surface area contributed by atoms with Crippen LogP contribution in [0.3, 0.4) is 0 Å². The smallest absolute Gasteiger partial charge is 0.137 e. The van der Waals surface area contributed by atoms with Gasteiger partial charge in [-0.2, -0.15) is 0 Å².